The van der Waals surface area contributed by atoms with E-state index in [1.54, 1.807) is 18.2 Å². The predicted octanol–water partition coefficient (Wildman–Crippen LogP) is 6.38. The minimum absolute atomic E-state index is 0.100. The molecule has 0 saturated heterocycles. The molecule has 0 aliphatic rings. The fraction of sp³-hybridized carbons (Fsp3) is 0.231. The average Bonchev–Trinajstić information content (AvgIpc) is 2.74. The Morgan fingerprint density at radius 2 is 1.61 bits per heavy atom. The maximum atomic E-state index is 13.9. The van der Waals surface area contributed by atoms with E-state index in [4.69, 9.17) is 11.6 Å². The zero-order valence-electron chi connectivity index (χ0n) is 18.6. The van der Waals surface area contributed by atoms with Gasteiger partial charge in [-0.15, -0.1) is 0 Å². The molecule has 33 heavy (non-hydrogen) atoms. The molecule has 0 fully saturated rings. The molecule has 4 nitrogen and oxygen atoms in total. The Balaban J connectivity index is 2.16. The van der Waals surface area contributed by atoms with Gasteiger partial charge in [0.1, 0.15) is 11.9 Å². The van der Waals surface area contributed by atoms with E-state index in [9.17, 15) is 14.0 Å². The van der Waals surface area contributed by atoms with Gasteiger partial charge in [0.15, 0.2) is 0 Å². The second-order valence-corrected chi connectivity index (χ2v) is 10.3. The highest BCUT2D eigenvalue weighted by Crippen LogP contribution is 2.29. The van der Waals surface area contributed by atoms with Gasteiger partial charge in [0, 0.05) is 20.7 Å². The lowest BCUT2D eigenvalue weighted by Crippen LogP contribution is -2.49. The Hall–Kier alpha value is -2.45. The summed E-state index contributed by atoms with van der Waals surface area (Å²) in [6, 6.07) is 19.0. The molecule has 0 aliphatic carbocycles. The van der Waals surface area contributed by atoms with Crippen molar-refractivity contribution in [2.75, 3.05) is 0 Å². The van der Waals surface area contributed by atoms with Crippen molar-refractivity contribution in [3.63, 3.8) is 0 Å². The highest BCUT2D eigenvalue weighted by molar-refractivity contribution is 14.1. The molecule has 0 aliphatic heterocycles. The highest BCUT2D eigenvalue weighted by Gasteiger charge is 2.34. The van der Waals surface area contributed by atoms with Crippen LogP contribution in [0.3, 0.4) is 0 Å². The van der Waals surface area contributed by atoms with Crippen LogP contribution < -0.4 is 5.32 Å². The van der Waals surface area contributed by atoms with E-state index in [1.807, 2.05) is 51.1 Å². The number of halogens is 3. The van der Waals surface area contributed by atoms with Crippen LogP contribution in [0.4, 0.5) is 4.39 Å². The smallest absolute Gasteiger partial charge is 0.256 e. The molecular weight excluding hydrogens is 554 g/mol. The van der Waals surface area contributed by atoms with Gasteiger partial charge >= 0.3 is 0 Å². The molecule has 0 heterocycles. The van der Waals surface area contributed by atoms with E-state index in [-0.39, 0.29) is 18.4 Å². The highest BCUT2D eigenvalue weighted by atomic mass is 127. The van der Waals surface area contributed by atoms with Crippen LogP contribution in [0, 0.1) is 9.39 Å². The third-order valence-corrected chi connectivity index (χ3v) is 6.22. The maximum Gasteiger partial charge on any atom is 0.256 e. The van der Waals surface area contributed by atoms with Gasteiger partial charge in [-0.25, -0.2) is 4.39 Å². The molecule has 0 saturated carbocycles. The van der Waals surface area contributed by atoms with Gasteiger partial charge in [-0.2, -0.15) is 0 Å². The van der Waals surface area contributed by atoms with Crippen LogP contribution >= 0.6 is 34.2 Å². The van der Waals surface area contributed by atoms with E-state index in [1.165, 1.54) is 29.2 Å². The van der Waals surface area contributed by atoms with Crippen LogP contribution in [0.5, 0.6) is 0 Å². The standard InChI is InChI=1S/C26H25ClFIN2O2/c1-26(2,3)30-24(32)23(17-12-14-19(28)15-13-17)31(16-18-8-4-6-10-21(18)27)25(33)20-9-5-7-11-22(20)29/h4-15,23H,16H2,1-3H3,(H,30,32). The Labute approximate surface area is 212 Å². The van der Waals surface area contributed by atoms with Crippen molar-refractivity contribution in [2.45, 2.75) is 38.9 Å². The van der Waals surface area contributed by atoms with E-state index in [0.29, 0.717) is 21.7 Å². The number of amides is 2. The van der Waals surface area contributed by atoms with Crippen LogP contribution in [0.2, 0.25) is 5.02 Å². The summed E-state index contributed by atoms with van der Waals surface area (Å²) in [5.41, 5.74) is 1.15. The van der Waals surface area contributed by atoms with Crippen LogP contribution in [-0.4, -0.2) is 22.3 Å². The lowest BCUT2D eigenvalue weighted by Gasteiger charge is -2.34. The van der Waals surface area contributed by atoms with E-state index < -0.39 is 17.4 Å². The number of rotatable bonds is 6. The summed E-state index contributed by atoms with van der Waals surface area (Å²) in [4.78, 5) is 28.9. The predicted molar refractivity (Wildman–Crippen MR) is 138 cm³/mol. The number of nitrogens with zero attached hydrogens (tertiary/aromatic N) is 1. The number of carbonyl (C=O) groups excluding carboxylic acids is 2. The quantitative estimate of drug-likeness (QED) is 0.345. The monoisotopic (exact) mass is 578 g/mol. The SMILES string of the molecule is CC(C)(C)NC(=O)C(c1ccc(F)cc1)N(Cc1ccccc1Cl)C(=O)c1ccccc1I. The lowest BCUT2D eigenvalue weighted by atomic mass is 9.99. The van der Waals surface area contributed by atoms with Gasteiger partial charge < -0.3 is 10.2 Å². The summed E-state index contributed by atoms with van der Waals surface area (Å²) in [7, 11) is 0. The van der Waals surface area contributed by atoms with E-state index >= 15 is 0 Å². The topological polar surface area (TPSA) is 49.4 Å². The first-order valence-corrected chi connectivity index (χ1v) is 11.9. The molecule has 1 N–H and O–H groups in total. The largest absolute Gasteiger partial charge is 0.349 e. The number of hydrogen-bond acceptors (Lipinski definition) is 2. The van der Waals surface area contributed by atoms with Gasteiger partial charge in [0.2, 0.25) is 5.91 Å². The minimum atomic E-state index is -0.996. The molecule has 2 amide bonds. The van der Waals surface area contributed by atoms with Crippen molar-refractivity contribution in [1.29, 1.82) is 0 Å². The molecule has 0 bridgehead atoms. The van der Waals surface area contributed by atoms with E-state index in [0.717, 1.165) is 3.57 Å². The summed E-state index contributed by atoms with van der Waals surface area (Å²) in [5.74, 6) is -1.10. The third kappa shape index (κ3) is 6.54. The molecule has 3 aromatic rings. The Kier molecular flexibility index (Phi) is 8.13. The minimum Gasteiger partial charge on any atom is -0.349 e. The second-order valence-electron chi connectivity index (χ2n) is 8.70. The maximum absolute atomic E-state index is 13.9. The molecule has 0 aromatic heterocycles. The van der Waals surface area contributed by atoms with Gasteiger partial charge in [-0.05, 0) is 84.8 Å². The third-order valence-electron chi connectivity index (χ3n) is 4.91. The summed E-state index contributed by atoms with van der Waals surface area (Å²) < 4.78 is 14.5. The van der Waals surface area contributed by atoms with Gasteiger partial charge in [0.05, 0.1) is 5.56 Å². The fourth-order valence-corrected chi connectivity index (χ4v) is 4.25. The summed E-state index contributed by atoms with van der Waals surface area (Å²) in [6.45, 7) is 5.70. The first-order valence-electron chi connectivity index (χ1n) is 10.4. The zero-order chi connectivity index (χ0) is 24.2. The molecule has 172 valence electrons. The molecule has 1 unspecified atom stereocenters. The summed E-state index contributed by atoms with van der Waals surface area (Å²) >= 11 is 8.52. The first-order chi connectivity index (χ1) is 15.6. The van der Waals surface area contributed by atoms with Gasteiger partial charge in [-0.3, -0.25) is 9.59 Å². The Morgan fingerprint density at radius 3 is 2.21 bits per heavy atom. The molecule has 1 atom stereocenters. The molecule has 0 radical (unpaired) electrons. The number of benzene rings is 3. The van der Waals surface area contributed by atoms with Crippen LogP contribution in [0.1, 0.15) is 48.3 Å². The lowest BCUT2D eigenvalue weighted by molar-refractivity contribution is -0.127. The average molecular weight is 579 g/mol. The molecule has 0 spiro atoms. The van der Waals surface area contributed by atoms with Crippen molar-refractivity contribution in [3.8, 4) is 0 Å². The van der Waals surface area contributed by atoms with Crippen molar-refractivity contribution < 1.29 is 14.0 Å². The second kappa shape index (κ2) is 10.7. The molecular formula is C26H25ClFIN2O2. The normalized spacial score (nSPS) is 12.2. The van der Waals surface area contributed by atoms with Gasteiger partial charge in [0.25, 0.3) is 5.91 Å². The first kappa shape index (κ1) is 25.2. The van der Waals surface area contributed by atoms with Crippen LogP contribution in [0.25, 0.3) is 0 Å². The Morgan fingerprint density at radius 1 is 1.00 bits per heavy atom. The molecule has 3 rings (SSSR count). The van der Waals surface area contributed by atoms with Crippen LogP contribution in [0.15, 0.2) is 72.8 Å². The number of hydrogen-bond donors (Lipinski definition) is 1. The van der Waals surface area contributed by atoms with Crippen molar-refractivity contribution >= 4 is 46.0 Å². The molecule has 3 aromatic carbocycles. The van der Waals surface area contributed by atoms with Crippen molar-refractivity contribution in [2.24, 2.45) is 0 Å². The van der Waals surface area contributed by atoms with E-state index in [2.05, 4.69) is 27.9 Å². The number of carbonyl (C=O) groups is 2. The summed E-state index contributed by atoms with van der Waals surface area (Å²) in [6.07, 6.45) is 0. The van der Waals surface area contributed by atoms with Crippen molar-refractivity contribution in [3.05, 3.63) is 104 Å². The molecule has 7 heteroatoms. The Bertz CT molecular complexity index is 1150. The summed E-state index contributed by atoms with van der Waals surface area (Å²) in [5, 5.41) is 3.47. The van der Waals surface area contributed by atoms with Gasteiger partial charge in [-0.1, -0.05) is 54.1 Å². The van der Waals surface area contributed by atoms with Crippen molar-refractivity contribution in [1.82, 2.24) is 10.2 Å². The van der Waals surface area contributed by atoms with Crippen LogP contribution in [-0.2, 0) is 11.3 Å². The zero-order valence-corrected chi connectivity index (χ0v) is 21.5. The fourth-order valence-electron chi connectivity index (χ4n) is 3.44. The number of nitrogens with one attached hydrogen (secondary N) is 1.